The first kappa shape index (κ1) is 18.5. The number of urea groups is 1. The first-order chi connectivity index (χ1) is 13.9. The highest BCUT2D eigenvalue weighted by molar-refractivity contribution is 6.12. The first-order valence-corrected chi connectivity index (χ1v) is 8.95. The zero-order valence-electron chi connectivity index (χ0n) is 15.8. The third-order valence-electron chi connectivity index (χ3n) is 5.20. The molecule has 29 heavy (non-hydrogen) atoms. The van der Waals surface area contributed by atoms with Gasteiger partial charge in [-0.3, -0.25) is 9.69 Å². The summed E-state index contributed by atoms with van der Waals surface area (Å²) in [7, 11) is 3.16. The van der Waals surface area contributed by atoms with E-state index in [1.165, 1.54) is 21.9 Å². The molecule has 2 aromatic rings. The summed E-state index contributed by atoms with van der Waals surface area (Å²) in [5, 5.41) is 14.0. The summed E-state index contributed by atoms with van der Waals surface area (Å²) in [5.74, 6) is -0.940. The van der Waals surface area contributed by atoms with Gasteiger partial charge in [-0.25, -0.2) is 4.79 Å². The van der Waals surface area contributed by atoms with Crippen LogP contribution in [0.15, 0.2) is 59.8 Å². The summed E-state index contributed by atoms with van der Waals surface area (Å²) in [6.45, 7) is 0.168. The average molecular weight is 392 g/mol. The molecule has 0 bridgehead atoms. The molecule has 2 aliphatic rings. The van der Waals surface area contributed by atoms with Crippen LogP contribution in [0.25, 0.3) is 0 Å². The highest BCUT2D eigenvalue weighted by Gasteiger charge is 2.43. The standard InChI is InChI=1S/C21H19N3O5/c1-23-16-11-24(14-5-3-4-13(10-14)20(26)27)19(25)17(16)18(22-21(23)28)12-6-8-15(29-2)9-7-12/h3-10,18H,11H2,1-2H3,(H,22,28)(H,26,27)/p-1. The van der Waals surface area contributed by atoms with Gasteiger partial charge in [-0.15, -0.1) is 0 Å². The molecular formula is C21H18N3O5-. The zero-order valence-corrected chi connectivity index (χ0v) is 15.8. The van der Waals surface area contributed by atoms with Crippen LogP contribution >= 0.6 is 0 Å². The van der Waals surface area contributed by atoms with E-state index in [0.717, 1.165) is 5.56 Å². The molecular weight excluding hydrogens is 374 g/mol. The topological polar surface area (TPSA) is 102 Å². The predicted octanol–water partition coefficient (Wildman–Crippen LogP) is 1.06. The quantitative estimate of drug-likeness (QED) is 0.838. The van der Waals surface area contributed by atoms with Gasteiger partial charge in [-0.1, -0.05) is 24.3 Å². The largest absolute Gasteiger partial charge is 0.545 e. The van der Waals surface area contributed by atoms with Crippen LogP contribution < -0.4 is 20.1 Å². The maximum absolute atomic E-state index is 13.3. The van der Waals surface area contributed by atoms with Gasteiger partial charge in [-0.05, 0) is 35.4 Å². The van der Waals surface area contributed by atoms with Gasteiger partial charge in [0.2, 0.25) is 0 Å². The van der Waals surface area contributed by atoms with Gasteiger partial charge in [0.15, 0.2) is 0 Å². The average Bonchev–Trinajstić information content (AvgIpc) is 3.08. The van der Waals surface area contributed by atoms with E-state index < -0.39 is 12.0 Å². The Hall–Kier alpha value is -3.81. The smallest absolute Gasteiger partial charge is 0.322 e. The number of likely N-dealkylation sites (N-methyl/N-ethyl adjacent to an activating group) is 1. The molecule has 148 valence electrons. The van der Waals surface area contributed by atoms with Crippen molar-refractivity contribution in [1.82, 2.24) is 10.2 Å². The van der Waals surface area contributed by atoms with Crippen LogP contribution in [-0.2, 0) is 4.79 Å². The molecule has 2 aromatic carbocycles. The van der Waals surface area contributed by atoms with Gasteiger partial charge >= 0.3 is 6.03 Å². The van der Waals surface area contributed by atoms with Crippen LogP contribution in [0.4, 0.5) is 10.5 Å². The monoisotopic (exact) mass is 392 g/mol. The fourth-order valence-corrected chi connectivity index (χ4v) is 3.62. The minimum atomic E-state index is -1.32. The van der Waals surface area contributed by atoms with Crippen LogP contribution in [0.1, 0.15) is 22.0 Å². The van der Waals surface area contributed by atoms with Crippen molar-refractivity contribution in [2.75, 3.05) is 25.6 Å². The normalized spacial score (nSPS) is 18.6. The van der Waals surface area contributed by atoms with Gasteiger partial charge < -0.3 is 24.9 Å². The molecule has 8 nitrogen and oxygen atoms in total. The second-order valence-corrected chi connectivity index (χ2v) is 6.80. The van der Waals surface area contributed by atoms with Gasteiger partial charge in [0.05, 0.1) is 36.9 Å². The number of anilines is 1. The Labute approximate surface area is 167 Å². The van der Waals surface area contributed by atoms with Crippen LogP contribution in [0, 0.1) is 0 Å². The van der Waals surface area contributed by atoms with Crippen molar-refractivity contribution in [3.05, 3.63) is 70.9 Å². The number of rotatable bonds is 4. The molecule has 4 rings (SSSR count). The van der Waals surface area contributed by atoms with Crippen molar-refractivity contribution < 1.29 is 24.2 Å². The molecule has 2 aliphatic heterocycles. The van der Waals surface area contributed by atoms with E-state index in [9.17, 15) is 19.5 Å². The van der Waals surface area contributed by atoms with Crippen molar-refractivity contribution in [3.63, 3.8) is 0 Å². The van der Waals surface area contributed by atoms with Crippen molar-refractivity contribution in [2.24, 2.45) is 0 Å². The Morgan fingerprint density at radius 2 is 1.90 bits per heavy atom. The third kappa shape index (κ3) is 3.08. The lowest BCUT2D eigenvalue weighted by Crippen LogP contribution is -2.45. The number of nitrogens with one attached hydrogen (secondary N) is 1. The van der Waals surface area contributed by atoms with Crippen LogP contribution in [0.2, 0.25) is 0 Å². The van der Waals surface area contributed by atoms with Gasteiger partial charge in [-0.2, -0.15) is 0 Å². The molecule has 0 spiro atoms. The zero-order chi connectivity index (χ0) is 20.7. The van der Waals surface area contributed by atoms with Crippen LogP contribution in [0.3, 0.4) is 0 Å². The van der Waals surface area contributed by atoms with Crippen molar-refractivity contribution in [2.45, 2.75) is 6.04 Å². The Kier molecular flexibility index (Phi) is 4.46. The van der Waals surface area contributed by atoms with E-state index in [1.54, 1.807) is 50.6 Å². The van der Waals surface area contributed by atoms with E-state index in [-0.39, 0.29) is 24.0 Å². The number of carbonyl (C=O) groups excluding carboxylic acids is 3. The highest BCUT2D eigenvalue weighted by atomic mass is 16.5. The summed E-state index contributed by atoms with van der Waals surface area (Å²) in [6, 6.07) is 12.2. The summed E-state index contributed by atoms with van der Waals surface area (Å²) in [5.41, 5.74) is 2.20. The summed E-state index contributed by atoms with van der Waals surface area (Å²) in [6.07, 6.45) is 0. The van der Waals surface area contributed by atoms with Crippen molar-refractivity contribution >= 4 is 23.6 Å². The maximum Gasteiger partial charge on any atom is 0.322 e. The van der Waals surface area contributed by atoms with Crippen LogP contribution in [-0.4, -0.2) is 43.5 Å². The minimum Gasteiger partial charge on any atom is -0.545 e. The number of aromatic carboxylic acids is 1. The Bertz CT molecular complexity index is 1040. The second kappa shape index (κ2) is 6.97. The molecule has 0 saturated heterocycles. The van der Waals surface area contributed by atoms with Gasteiger partial charge in [0, 0.05) is 12.7 Å². The predicted molar refractivity (Wildman–Crippen MR) is 102 cm³/mol. The van der Waals surface area contributed by atoms with E-state index in [4.69, 9.17) is 4.74 Å². The number of carboxylic acid groups (broad SMARTS) is 1. The number of hydrogen-bond acceptors (Lipinski definition) is 5. The molecule has 0 saturated carbocycles. The fourth-order valence-electron chi connectivity index (χ4n) is 3.62. The molecule has 1 N–H and O–H groups in total. The number of ether oxygens (including phenoxy) is 1. The molecule has 0 aliphatic carbocycles. The molecule has 3 amide bonds. The second-order valence-electron chi connectivity index (χ2n) is 6.80. The van der Waals surface area contributed by atoms with Gasteiger partial charge in [0.25, 0.3) is 5.91 Å². The lowest BCUT2D eigenvalue weighted by molar-refractivity contribution is -0.255. The summed E-state index contributed by atoms with van der Waals surface area (Å²) < 4.78 is 5.17. The number of methoxy groups -OCH3 is 1. The number of carbonyl (C=O) groups is 3. The van der Waals surface area contributed by atoms with Crippen molar-refractivity contribution in [1.29, 1.82) is 0 Å². The Balaban J connectivity index is 1.73. The molecule has 0 fully saturated rings. The summed E-state index contributed by atoms with van der Waals surface area (Å²) >= 11 is 0. The Morgan fingerprint density at radius 1 is 1.17 bits per heavy atom. The molecule has 0 aromatic heterocycles. The van der Waals surface area contributed by atoms with Gasteiger partial charge in [0.1, 0.15) is 5.75 Å². The van der Waals surface area contributed by atoms with Crippen LogP contribution in [0.5, 0.6) is 5.75 Å². The SMILES string of the molecule is COc1ccc(C2NC(=O)N(C)C3=C2C(=O)N(c2cccc(C(=O)[O-])c2)C3)cc1. The molecule has 1 atom stereocenters. The third-order valence-corrected chi connectivity index (χ3v) is 5.20. The lowest BCUT2D eigenvalue weighted by Gasteiger charge is -2.31. The minimum absolute atomic E-state index is 0.0190. The number of hydrogen-bond donors (Lipinski definition) is 1. The van der Waals surface area contributed by atoms with E-state index in [1.807, 2.05) is 0 Å². The first-order valence-electron chi connectivity index (χ1n) is 8.95. The maximum atomic E-state index is 13.3. The molecule has 0 radical (unpaired) electrons. The Morgan fingerprint density at radius 3 is 2.55 bits per heavy atom. The molecule has 1 unspecified atom stereocenters. The number of benzene rings is 2. The number of nitrogens with zero attached hydrogens (tertiary/aromatic N) is 2. The highest BCUT2D eigenvalue weighted by Crippen LogP contribution is 2.38. The number of carboxylic acids is 1. The molecule has 2 heterocycles. The van der Waals surface area contributed by atoms with Crippen molar-refractivity contribution in [3.8, 4) is 5.75 Å². The number of amides is 3. The fraction of sp³-hybridized carbons (Fsp3) is 0.190. The molecule has 8 heteroatoms. The lowest BCUT2D eigenvalue weighted by atomic mass is 9.95. The van der Waals surface area contributed by atoms with E-state index in [0.29, 0.717) is 22.7 Å². The van der Waals surface area contributed by atoms with E-state index in [2.05, 4.69) is 5.32 Å². The van der Waals surface area contributed by atoms with E-state index >= 15 is 0 Å². The summed E-state index contributed by atoms with van der Waals surface area (Å²) in [4.78, 5) is 39.8.